The lowest BCUT2D eigenvalue weighted by atomic mass is 10.2. The highest BCUT2D eigenvalue weighted by Crippen LogP contribution is 2.22. The van der Waals surface area contributed by atoms with Crippen LogP contribution in [0.1, 0.15) is 21.5 Å². The fraction of sp³-hybridized carbons (Fsp3) is 0.0476. The van der Waals surface area contributed by atoms with Gasteiger partial charge in [-0.2, -0.15) is 5.10 Å². The number of hydrazone groups is 1. The molecule has 0 fully saturated rings. The second kappa shape index (κ2) is 9.21. The summed E-state index contributed by atoms with van der Waals surface area (Å²) in [6.45, 7) is 0.508. The zero-order valence-electron chi connectivity index (χ0n) is 14.2. The number of benzene rings is 3. The third-order valence-electron chi connectivity index (χ3n) is 3.69. The summed E-state index contributed by atoms with van der Waals surface area (Å²) < 4.78 is 5.73. The summed E-state index contributed by atoms with van der Waals surface area (Å²) in [4.78, 5) is 12.0. The third kappa shape index (κ3) is 5.58. The molecule has 3 rings (SSSR count). The van der Waals surface area contributed by atoms with Gasteiger partial charge < -0.3 is 4.74 Å². The van der Waals surface area contributed by atoms with Crippen LogP contribution in [0.25, 0.3) is 0 Å². The highest BCUT2D eigenvalue weighted by Gasteiger charge is 2.06. The van der Waals surface area contributed by atoms with E-state index in [-0.39, 0.29) is 5.91 Å². The van der Waals surface area contributed by atoms with Crippen LogP contribution in [0.2, 0.25) is 10.0 Å². The molecule has 3 aromatic rings. The Kier molecular flexibility index (Phi) is 6.47. The van der Waals surface area contributed by atoms with Crippen molar-refractivity contribution in [3.63, 3.8) is 0 Å². The average Bonchev–Trinajstić information content (AvgIpc) is 2.70. The fourth-order valence-electron chi connectivity index (χ4n) is 2.26. The Morgan fingerprint density at radius 3 is 2.41 bits per heavy atom. The van der Waals surface area contributed by atoms with E-state index in [0.29, 0.717) is 22.2 Å². The standard InChI is InChI=1S/C21H16Cl2N2O2/c22-19-11-8-17(12-20(19)23)21(26)25-24-13-15-6-9-18(10-7-15)27-14-16-4-2-1-3-5-16/h1-13H,14H2,(H,25,26)/b24-13-. The molecule has 0 atom stereocenters. The van der Waals surface area contributed by atoms with Gasteiger partial charge in [0.2, 0.25) is 0 Å². The predicted molar refractivity (Wildman–Crippen MR) is 109 cm³/mol. The number of rotatable bonds is 6. The number of nitrogens with zero attached hydrogens (tertiary/aromatic N) is 1. The maximum absolute atomic E-state index is 12.0. The number of nitrogens with one attached hydrogen (secondary N) is 1. The van der Waals surface area contributed by atoms with Crippen molar-refractivity contribution in [2.75, 3.05) is 0 Å². The van der Waals surface area contributed by atoms with Crippen LogP contribution in [0, 0.1) is 0 Å². The molecule has 4 nitrogen and oxygen atoms in total. The summed E-state index contributed by atoms with van der Waals surface area (Å²) >= 11 is 11.7. The van der Waals surface area contributed by atoms with Gasteiger partial charge in [-0.15, -0.1) is 0 Å². The minimum Gasteiger partial charge on any atom is -0.489 e. The molecule has 0 saturated heterocycles. The van der Waals surface area contributed by atoms with Gasteiger partial charge in [-0.25, -0.2) is 5.43 Å². The maximum atomic E-state index is 12.0. The van der Waals surface area contributed by atoms with Crippen LogP contribution in [0.4, 0.5) is 0 Å². The molecule has 0 radical (unpaired) electrons. The van der Waals surface area contributed by atoms with E-state index in [9.17, 15) is 4.79 Å². The molecule has 1 N–H and O–H groups in total. The Morgan fingerprint density at radius 2 is 1.70 bits per heavy atom. The Bertz CT molecular complexity index is 942. The lowest BCUT2D eigenvalue weighted by Crippen LogP contribution is -2.17. The van der Waals surface area contributed by atoms with Crippen LogP contribution in [0.15, 0.2) is 77.9 Å². The summed E-state index contributed by atoms with van der Waals surface area (Å²) in [6, 6.07) is 22.0. The van der Waals surface area contributed by atoms with E-state index in [1.807, 2.05) is 54.6 Å². The van der Waals surface area contributed by atoms with E-state index in [4.69, 9.17) is 27.9 Å². The normalized spacial score (nSPS) is 10.7. The summed E-state index contributed by atoms with van der Waals surface area (Å²) in [5.41, 5.74) is 4.77. The highest BCUT2D eigenvalue weighted by atomic mass is 35.5. The second-order valence-electron chi connectivity index (χ2n) is 5.67. The van der Waals surface area contributed by atoms with Gasteiger partial charge in [-0.05, 0) is 53.6 Å². The molecule has 0 aliphatic rings. The minimum absolute atomic E-state index is 0.319. The van der Waals surface area contributed by atoms with Crippen LogP contribution >= 0.6 is 23.2 Å². The van der Waals surface area contributed by atoms with Gasteiger partial charge >= 0.3 is 0 Å². The van der Waals surface area contributed by atoms with E-state index in [1.165, 1.54) is 6.07 Å². The highest BCUT2D eigenvalue weighted by molar-refractivity contribution is 6.42. The second-order valence-corrected chi connectivity index (χ2v) is 6.49. The molecule has 3 aromatic carbocycles. The number of ether oxygens (including phenoxy) is 1. The number of hydrogen-bond acceptors (Lipinski definition) is 3. The van der Waals surface area contributed by atoms with Crippen molar-refractivity contribution in [1.82, 2.24) is 5.43 Å². The molecule has 136 valence electrons. The molecular formula is C21H16Cl2N2O2. The molecule has 0 aromatic heterocycles. The van der Waals surface area contributed by atoms with Crippen molar-refractivity contribution < 1.29 is 9.53 Å². The van der Waals surface area contributed by atoms with Gasteiger partial charge in [0, 0.05) is 5.56 Å². The van der Waals surface area contributed by atoms with Gasteiger partial charge in [-0.3, -0.25) is 4.79 Å². The number of halogens is 2. The lowest BCUT2D eigenvalue weighted by Gasteiger charge is -2.06. The number of carbonyl (C=O) groups excluding carboxylic acids is 1. The largest absolute Gasteiger partial charge is 0.489 e. The van der Waals surface area contributed by atoms with Gasteiger partial charge in [0.25, 0.3) is 5.91 Å². The molecular weight excluding hydrogens is 383 g/mol. The first-order chi connectivity index (χ1) is 13.1. The van der Waals surface area contributed by atoms with Crippen molar-refractivity contribution in [1.29, 1.82) is 0 Å². The zero-order valence-corrected chi connectivity index (χ0v) is 15.7. The van der Waals surface area contributed by atoms with Crippen LogP contribution in [0.3, 0.4) is 0 Å². The first kappa shape index (κ1) is 19.0. The van der Waals surface area contributed by atoms with E-state index < -0.39 is 0 Å². The van der Waals surface area contributed by atoms with Crippen LogP contribution in [0.5, 0.6) is 5.75 Å². The molecule has 0 unspecified atom stereocenters. The van der Waals surface area contributed by atoms with Crippen molar-refractivity contribution in [2.45, 2.75) is 6.61 Å². The number of carbonyl (C=O) groups is 1. The van der Waals surface area contributed by atoms with Gasteiger partial charge in [0.1, 0.15) is 12.4 Å². The Morgan fingerprint density at radius 1 is 0.963 bits per heavy atom. The molecule has 0 spiro atoms. The zero-order chi connectivity index (χ0) is 19.1. The van der Waals surface area contributed by atoms with Crippen molar-refractivity contribution in [2.24, 2.45) is 5.10 Å². The molecule has 27 heavy (non-hydrogen) atoms. The van der Waals surface area contributed by atoms with Crippen LogP contribution < -0.4 is 10.2 Å². The maximum Gasteiger partial charge on any atom is 0.271 e. The Hall–Kier alpha value is -2.82. The molecule has 0 aliphatic carbocycles. The number of hydrogen-bond donors (Lipinski definition) is 1. The van der Waals surface area contributed by atoms with Crippen LogP contribution in [-0.4, -0.2) is 12.1 Å². The van der Waals surface area contributed by atoms with E-state index in [2.05, 4.69) is 10.5 Å². The molecule has 6 heteroatoms. The van der Waals surface area contributed by atoms with E-state index >= 15 is 0 Å². The fourth-order valence-corrected chi connectivity index (χ4v) is 2.56. The molecule has 0 aliphatic heterocycles. The monoisotopic (exact) mass is 398 g/mol. The SMILES string of the molecule is O=C(N/N=C\c1ccc(OCc2ccccc2)cc1)c1ccc(Cl)c(Cl)c1. The average molecular weight is 399 g/mol. The Labute approximate surface area is 167 Å². The van der Waals surface area contributed by atoms with Crippen molar-refractivity contribution >= 4 is 35.3 Å². The van der Waals surface area contributed by atoms with Crippen molar-refractivity contribution in [3.8, 4) is 5.75 Å². The lowest BCUT2D eigenvalue weighted by molar-refractivity contribution is 0.0955. The topological polar surface area (TPSA) is 50.7 Å². The molecule has 0 bridgehead atoms. The van der Waals surface area contributed by atoms with E-state index in [1.54, 1.807) is 18.3 Å². The minimum atomic E-state index is -0.368. The first-order valence-corrected chi connectivity index (χ1v) is 8.92. The van der Waals surface area contributed by atoms with Gasteiger partial charge in [-0.1, -0.05) is 53.5 Å². The van der Waals surface area contributed by atoms with E-state index in [0.717, 1.165) is 16.9 Å². The third-order valence-corrected chi connectivity index (χ3v) is 4.43. The predicted octanol–water partition coefficient (Wildman–Crippen LogP) is 5.34. The summed E-state index contributed by atoms with van der Waals surface area (Å²) in [5, 5.41) is 4.67. The smallest absolute Gasteiger partial charge is 0.271 e. The van der Waals surface area contributed by atoms with Crippen molar-refractivity contribution in [3.05, 3.63) is 99.5 Å². The number of amides is 1. The van der Waals surface area contributed by atoms with Gasteiger partial charge in [0.15, 0.2) is 0 Å². The first-order valence-electron chi connectivity index (χ1n) is 8.17. The summed E-state index contributed by atoms with van der Waals surface area (Å²) in [7, 11) is 0. The van der Waals surface area contributed by atoms with Gasteiger partial charge in [0.05, 0.1) is 16.3 Å². The van der Waals surface area contributed by atoms with Crippen LogP contribution in [-0.2, 0) is 6.61 Å². The molecule has 0 saturated carbocycles. The summed E-state index contributed by atoms with van der Waals surface area (Å²) in [5.74, 6) is 0.392. The molecule has 1 amide bonds. The molecule has 0 heterocycles. The summed E-state index contributed by atoms with van der Waals surface area (Å²) in [6.07, 6.45) is 1.55. The quantitative estimate of drug-likeness (QED) is 0.450. The Balaban J connectivity index is 1.53.